The molecule has 3 aliphatic rings. The van der Waals surface area contributed by atoms with Gasteiger partial charge in [-0.1, -0.05) is 178 Å². The van der Waals surface area contributed by atoms with Gasteiger partial charge in [0, 0.05) is 23.0 Å². The van der Waals surface area contributed by atoms with Gasteiger partial charge in [-0.2, -0.15) is 0 Å². The summed E-state index contributed by atoms with van der Waals surface area (Å²) in [6.07, 6.45) is 26.9. The summed E-state index contributed by atoms with van der Waals surface area (Å²) in [6, 6.07) is 22.6. The summed E-state index contributed by atoms with van der Waals surface area (Å²) in [7, 11) is 0. The average Bonchev–Trinajstić information content (AvgIpc) is 3.09. The van der Waals surface area contributed by atoms with Gasteiger partial charge in [0.05, 0.1) is 13.2 Å². The predicted molar refractivity (Wildman–Crippen MR) is 196 cm³/mol. The molecule has 0 heterocycles. The second-order valence-corrected chi connectivity index (χ2v) is 14.1. The van der Waals surface area contributed by atoms with Gasteiger partial charge in [0.15, 0.2) is 0 Å². The Balaban J connectivity index is 1.17. The highest BCUT2D eigenvalue weighted by Gasteiger charge is 2.44. The van der Waals surface area contributed by atoms with Crippen LogP contribution in [0.3, 0.4) is 0 Å². The molecule has 0 saturated heterocycles. The van der Waals surface area contributed by atoms with Crippen molar-refractivity contribution in [3.8, 4) is 11.5 Å². The molecule has 0 saturated carbocycles. The summed E-state index contributed by atoms with van der Waals surface area (Å²) < 4.78 is 13.3. The van der Waals surface area contributed by atoms with E-state index in [2.05, 4.69) is 74.5 Å². The van der Waals surface area contributed by atoms with Gasteiger partial charge in [-0.3, -0.25) is 0 Å². The van der Waals surface area contributed by atoms with Crippen LogP contribution in [0.2, 0.25) is 0 Å². The number of hydrogen-bond acceptors (Lipinski definition) is 2. The smallest absolute Gasteiger partial charge is 0.123 e. The fourth-order valence-corrected chi connectivity index (χ4v) is 8.03. The molecule has 0 radical (unpaired) electrons. The normalized spacial score (nSPS) is 15.8. The van der Waals surface area contributed by atoms with Crippen LogP contribution in [-0.4, -0.2) is 13.2 Å². The second kappa shape index (κ2) is 19.2. The van der Waals surface area contributed by atoms with Crippen LogP contribution in [0.4, 0.5) is 0 Å². The first kappa shape index (κ1) is 34.6. The van der Waals surface area contributed by atoms with E-state index in [0.717, 1.165) is 37.6 Å². The molecule has 6 rings (SSSR count). The van der Waals surface area contributed by atoms with Crippen LogP contribution >= 0.6 is 0 Å². The van der Waals surface area contributed by atoms with Crippen molar-refractivity contribution in [3.63, 3.8) is 0 Å². The van der Waals surface area contributed by atoms with Crippen molar-refractivity contribution in [1.82, 2.24) is 0 Å². The highest BCUT2D eigenvalue weighted by atomic mass is 16.5. The molecule has 2 nitrogen and oxygen atoms in total. The fraction of sp³-hybridized carbons (Fsp3) is 0.591. The summed E-state index contributed by atoms with van der Waals surface area (Å²) in [6.45, 7) is 6.19. The van der Waals surface area contributed by atoms with Gasteiger partial charge in [0.1, 0.15) is 11.5 Å². The first-order valence-corrected chi connectivity index (χ1v) is 19.4. The van der Waals surface area contributed by atoms with Gasteiger partial charge >= 0.3 is 0 Å². The summed E-state index contributed by atoms with van der Waals surface area (Å²) in [5.41, 5.74) is 8.47. The molecular formula is C44H62O2. The third-order valence-corrected chi connectivity index (χ3v) is 10.5. The van der Waals surface area contributed by atoms with E-state index in [1.807, 2.05) is 0 Å². The Morgan fingerprint density at radius 1 is 0.370 bits per heavy atom. The minimum atomic E-state index is 0.166. The molecule has 0 fully saturated rings. The molecule has 2 heteroatoms. The minimum Gasteiger partial charge on any atom is -0.493 e. The van der Waals surface area contributed by atoms with Crippen molar-refractivity contribution >= 4 is 0 Å². The summed E-state index contributed by atoms with van der Waals surface area (Å²) in [4.78, 5) is 0. The highest BCUT2D eigenvalue weighted by molar-refractivity contribution is 5.72. The quantitative estimate of drug-likeness (QED) is 0.0637. The molecule has 0 atom stereocenters. The molecule has 0 aliphatic heterocycles. The molecule has 0 amide bonds. The van der Waals surface area contributed by atoms with Crippen molar-refractivity contribution in [2.75, 3.05) is 13.2 Å². The molecule has 0 aromatic heterocycles. The van der Waals surface area contributed by atoms with Crippen molar-refractivity contribution in [2.24, 2.45) is 0 Å². The molecule has 250 valence electrons. The maximum atomic E-state index is 6.63. The van der Waals surface area contributed by atoms with E-state index in [-0.39, 0.29) is 11.8 Å². The van der Waals surface area contributed by atoms with Crippen LogP contribution in [0.1, 0.15) is 187 Å². The molecular weight excluding hydrogens is 560 g/mol. The Morgan fingerprint density at radius 3 is 1.13 bits per heavy atom. The molecule has 46 heavy (non-hydrogen) atoms. The minimum absolute atomic E-state index is 0.166. The summed E-state index contributed by atoms with van der Waals surface area (Å²) >= 11 is 0. The lowest BCUT2D eigenvalue weighted by molar-refractivity contribution is 0.295. The number of benzene rings is 3. The lowest BCUT2D eigenvalue weighted by atomic mass is 9.60. The van der Waals surface area contributed by atoms with E-state index in [1.165, 1.54) is 149 Å². The number of hydrogen-bond donors (Lipinski definition) is 0. The molecule has 0 N–H and O–H groups in total. The molecule has 3 aromatic carbocycles. The van der Waals surface area contributed by atoms with Gasteiger partial charge < -0.3 is 9.47 Å². The van der Waals surface area contributed by atoms with E-state index in [1.54, 1.807) is 0 Å². The topological polar surface area (TPSA) is 18.5 Å². The van der Waals surface area contributed by atoms with E-state index in [4.69, 9.17) is 9.47 Å². The average molecular weight is 623 g/mol. The molecule has 0 unspecified atom stereocenters. The number of ether oxygens (including phenoxy) is 2. The van der Waals surface area contributed by atoms with E-state index >= 15 is 0 Å². The SMILES string of the molecule is CCCCCCCCCCCCOc1cccc2c1C1c3ccccc3C2c2cccc(OCCCCCCCCCCCC)c21. The Bertz CT molecular complexity index is 1230. The highest BCUT2D eigenvalue weighted by Crippen LogP contribution is 2.59. The van der Waals surface area contributed by atoms with E-state index in [0.29, 0.717) is 0 Å². The Kier molecular flexibility index (Phi) is 14.4. The number of unbranched alkanes of at least 4 members (excludes halogenated alkanes) is 18. The zero-order valence-electron chi connectivity index (χ0n) is 29.3. The van der Waals surface area contributed by atoms with Crippen molar-refractivity contribution in [2.45, 2.75) is 154 Å². The lowest BCUT2D eigenvalue weighted by Gasteiger charge is -2.43. The largest absolute Gasteiger partial charge is 0.493 e. The first-order chi connectivity index (χ1) is 22.8. The van der Waals surface area contributed by atoms with Crippen molar-refractivity contribution in [1.29, 1.82) is 0 Å². The zero-order valence-corrected chi connectivity index (χ0v) is 29.3. The van der Waals surface area contributed by atoms with Crippen LogP contribution in [0, 0.1) is 0 Å². The van der Waals surface area contributed by atoms with Gasteiger partial charge in [0.2, 0.25) is 0 Å². The predicted octanol–water partition coefficient (Wildman–Crippen LogP) is 13.3. The van der Waals surface area contributed by atoms with Crippen molar-refractivity contribution in [3.05, 3.63) is 94.0 Å². The van der Waals surface area contributed by atoms with Gasteiger partial charge in [0.25, 0.3) is 0 Å². The standard InChI is InChI=1S/C44H62O2/c1-3-5-7-9-11-13-15-17-19-23-33-45-39-31-25-29-37-41-35-27-21-22-28-36(35)44(42(37)39)43-38(41)30-26-32-40(43)46-34-24-20-18-16-14-12-10-8-6-4-2/h21-22,25-32,41,44H,3-20,23-24,33-34H2,1-2H3. The molecule has 0 spiro atoms. The summed E-state index contributed by atoms with van der Waals surface area (Å²) in [5.74, 6) is 2.56. The Morgan fingerprint density at radius 2 is 0.717 bits per heavy atom. The zero-order chi connectivity index (χ0) is 31.8. The van der Waals surface area contributed by atoms with Crippen LogP contribution in [0.25, 0.3) is 0 Å². The molecule has 3 aliphatic carbocycles. The monoisotopic (exact) mass is 622 g/mol. The maximum absolute atomic E-state index is 6.63. The lowest BCUT2D eigenvalue weighted by Crippen LogP contribution is -2.28. The molecule has 3 aromatic rings. The number of rotatable bonds is 24. The van der Waals surface area contributed by atoms with Gasteiger partial charge in [-0.15, -0.1) is 0 Å². The summed E-state index contributed by atoms with van der Waals surface area (Å²) in [5, 5.41) is 0. The Labute approximate surface area is 281 Å². The van der Waals surface area contributed by atoms with Gasteiger partial charge in [-0.25, -0.2) is 0 Å². The maximum Gasteiger partial charge on any atom is 0.123 e. The third-order valence-electron chi connectivity index (χ3n) is 10.5. The van der Waals surface area contributed by atoms with Crippen LogP contribution < -0.4 is 9.47 Å². The van der Waals surface area contributed by atoms with Crippen LogP contribution in [-0.2, 0) is 0 Å². The van der Waals surface area contributed by atoms with Gasteiger partial charge in [-0.05, 0) is 47.2 Å². The van der Waals surface area contributed by atoms with Crippen LogP contribution in [0.5, 0.6) is 11.5 Å². The molecule has 2 bridgehead atoms. The Hall–Kier alpha value is -2.74. The van der Waals surface area contributed by atoms with E-state index in [9.17, 15) is 0 Å². The second-order valence-electron chi connectivity index (χ2n) is 14.1. The van der Waals surface area contributed by atoms with E-state index < -0.39 is 0 Å². The van der Waals surface area contributed by atoms with Crippen molar-refractivity contribution < 1.29 is 9.47 Å². The fourth-order valence-electron chi connectivity index (χ4n) is 8.03. The van der Waals surface area contributed by atoms with Crippen LogP contribution in [0.15, 0.2) is 60.7 Å². The first-order valence-electron chi connectivity index (χ1n) is 19.4. The third kappa shape index (κ3) is 8.99.